The number of hydrogen-bond donors (Lipinski definition) is 1. The van der Waals surface area contributed by atoms with Gasteiger partial charge < -0.3 is 19.3 Å². The Morgan fingerprint density at radius 1 is 1.19 bits per heavy atom. The third-order valence-corrected chi connectivity index (χ3v) is 5.72. The van der Waals surface area contributed by atoms with Crippen molar-refractivity contribution < 1.29 is 19.2 Å². The number of carboxylic acid groups (broad SMARTS) is 1. The van der Waals surface area contributed by atoms with Gasteiger partial charge in [0, 0.05) is 12.1 Å². The number of carbonyl (C=O) groups is 1. The summed E-state index contributed by atoms with van der Waals surface area (Å²) in [5, 5.41) is 17.8. The average Bonchev–Trinajstić information content (AvgIpc) is 3.12. The van der Waals surface area contributed by atoms with Crippen molar-refractivity contribution >= 4 is 18.7 Å². The molecule has 0 unspecified atom stereocenters. The van der Waals surface area contributed by atoms with Crippen LogP contribution in [0.15, 0.2) is 24.3 Å². The van der Waals surface area contributed by atoms with Gasteiger partial charge in [0.2, 0.25) is 0 Å². The lowest BCUT2D eigenvalue weighted by molar-refractivity contribution is 0.00578. The van der Waals surface area contributed by atoms with Crippen LogP contribution in [0.1, 0.15) is 33.4 Å². The van der Waals surface area contributed by atoms with Crippen LogP contribution >= 0.6 is 0 Å². The first-order chi connectivity index (χ1) is 12.7. The highest BCUT2D eigenvalue weighted by molar-refractivity contribution is 6.62. The SMILES string of the molecule is CC1(C)OB(c2cccc(-c3nnn4c3CN(C(=O)O)CC4)c2)OC1(C)C. The highest BCUT2D eigenvalue weighted by Crippen LogP contribution is 2.36. The van der Waals surface area contributed by atoms with Gasteiger partial charge in [0.1, 0.15) is 5.69 Å². The lowest BCUT2D eigenvalue weighted by atomic mass is 9.78. The van der Waals surface area contributed by atoms with E-state index in [1.165, 1.54) is 4.90 Å². The molecule has 0 atom stereocenters. The van der Waals surface area contributed by atoms with Gasteiger partial charge in [-0.2, -0.15) is 0 Å². The van der Waals surface area contributed by atoms with E-state index in [0.717, 1.165) is 16.7 Å². The van der Waals surface area contributed by atoms with Gasteiger partial charge in [-0.3, -0.25) is 0 Å². The molecule has 2 aromatic rings. The summed E-state index contributed by atoms with van der Waals surface area (Å²) in [7, 11) is -0.461. The molecule has 1 aromatic heterocycles. The molecule has 1 fully saturated rings. The molecule has 8 nitrogen and oxygen atoms in total. The molecule has 142 valence electrons. The van der Waals surface area contributed by atoms with Gasteiger partial charge in [0.15, 0.2) is 0 Å². The zero-order chi connectivity index (χ0) is 19.4. The second-order valence-electron chi connectivity index (χ2n) is 8.03. The van der Waals surface area contributed by atoms with Crippen molar-refractivity contribution in [3.8, 4) is 11.3 Å². The zero-order valence-corrected chi connectivity index (χ0v) is 16.0. The Balaban J connectivity index is 1.66. The van der Waals surface area contributed by atoms with E-state index in [1.807, 2.05) is 52.0 Å². The highest BCUT2D eigenvalue weighted by Gasteiger charge is 2.51. The van der Waals surface area contributed by atoms with E-state index in [2.05, 4.69) is 10.3 Å². The molecule has 2 aliphatic rings. The van der Waals surface area contributed by atoms with E-state index in [1.54, 1.807) is 4.68 Å². The number of rotatable bonds is 2. The molecule has 0 saturated carbocycles. The summed E-state index contributed by atoms with van der Waals surface area (Å²) in [6.45, 7) is 9.28. The molecule has 0 bridgehead atoms. The summed E-state index contributed by atoms with van der Waals surface area (Å²) in [5.41, 5.74) is 2.44. The molecule has 1 aromatic carbocycles. The van der Waals surface area contributed by atoms with Crippen LogP contribution in [0.5, 0.6) is 0 Å². The quantitative estimate of drug-likeness (QED) is 0.810. The molecular formula is C18H23BN4O4. The standard InChI is InChI=1S/C18H23BN4O4/c1-17(2)18(3,4)27-19(26-17)13-7-5-6-12(10-13)15-14-11-22(16(24)25)8-9-23(14)21-20-15/h5-7,10H,8-9,11H2,1-4H3,(H,24,25). The van der Waals surface area contributed by atoms with E-state index in [-0.39, 0.29) is 6.54 Å². The third kappa shape index (κ3) is 3.00. The summed E-state index contributed by atoms with van der Waals surface area (Å²) in [6, 6.07) is 7.82. The first-order valence-electron chi connectivity index (χ1n) is 9.04. The molecule has 4 rings (SSSR count). The Kier molecular flexibility index (Phi) is 4.05. The van der Waals surface area contributed by atoms with E-state index in [9.17, 15) is 9.90 Å². The maximum Gasteiger partial charge on any atom is 0.494 e. The van der Waals surface area contributed by atoms with Gasteiger partial charge in [-0.25, -0.2) is 9.48 Å². The van der Waals surface area contributed by atoms with E-state index < -0.39 is 24.4 Å². The van der Waals surface area contributed by atoms with Crippen LogP contribution in [0.25, 0.3) is 11.3 Å². The summed E-state index contributed by atoms with van der Waals surface area (Å²) in [4.78, 5) is 12.7. The zero-order valence-electron chi connectivity index (χ0n) is 16.0. The molecule has 27 heavy (non-hydrogen) atoms. The van der Waals surface area contributed by atoms with Crippen LogP contribution in [0.2, 0.25) is 0 Å². The predicted octanol–water partition coefficient (Wildman–Crippen LogP) is 1.74. The summed E-state index contributed by atoms with van der Waals surface area (Å²) >= 11 is 0. The van der Waals surface area contributed by atoms with Gasteiger partial charge in [-0.05, 0) is 33.2 Å². The number of amides is 1. The topological polar surface area (TPSA) is 89.7 Å². The Bertz CT molecular complexity index is 879. The number of fused-ring (bicyclic) bond motifs is 1. The number of benzene rings is 1. The first kappa shape index (κ1) is 18.0. The largest absolute Gasteiger partial charge is 0.494 e. The summed E-state index contributed by atoms with van der Waals surface area (Å²) in [5.74, 6) is 0. The minimum atomic E-state index is -0.931. The molecule has 2 aliphatic heterocycles. The fourth-order valence-corrected chi connectivity index (χ4v) is 3.34. The van der Waals surface area contributed by atoms with Crippen molar-refractivity contribution in [3.05, 3.63) is 30.0 Å². The fourth-order valence-electron chi connectivity index (χ4n) is 3.34. The first-order valence-corrected chi connectivity index (χ1v) is 9.04. The van der Waals surface area contributed by atoms with E-state index in [0.29, 0.717) is 18.8 Å². The van der Waals surface area contributed by atoms with E-state index >= 15 is 0 Å². The number of aromatic nitrogens is 3. The van der Waals surface area contributed by atoms with Crippen molar-refractivity contribution in [2.24, 2.45) is 0 Å². The van der Waals surface area contributed by atoms with Gasteiger partial charge >= 0.3 is 13.2 Å². The lowest BCUT2D eigenvalue weighted by Gasteiger charge is -2.32. The summed E-state index contributed by atoms with van der Waals surface area (Å²) in [6.07, 6.45) is -0.931. The molecular weight excluding hydrogens is 347 g/mol. The number of hydrogen-bond acceptors (Lipinski definition) is 5. The van der Waals surface area contributed by atoms with Crippen molar-refractivity contribution in [1.29, 1.82) is 0 Å². The van der Waals surface area contributed by atoms with Gasteiger partial charge in [0.05, 0.1) is 30.0 Å². The van der Waals surface area contributed by atoms with Crippen LogP contribution in [0.3, 0.4) is 0 Å². The molecule has 1 N–H and O–H groups in total. The van der Waals surface area contributed by atoms with Crippen molar-refractivity contribution in [2.75, 3.05) is 6.54 Å². The summed E-state index contributed by atoms with van der Waals surface area (Å²) < 4.78 is 14.0. The van der Waals surface area contributed by atoms with Crippen molar-refractivity contribution in [3.63, 3.8) is 0 Å². The minimum absolute atomic E-state index is 0.276. The van der Waals surface area contributed by atoms with E-state index in [4.69, 9.17) is 9.31 Å². The molecule has 9 heteroatoms. The van der Waals surface area contributed by atoms with Crippen LogP contribution in [-0.4, -0.2) is 56.0 Å². The minimum Gasteiger partial charge on any atom is -0.465 e. The lowest BCUT2D eigenvalue weighted by Crippen LogP contribution is -2.41. The highest BCUT2D eigenvalue weighted by atomic mass is 16.7. The van der Waals surface area contributed by atoms with Gasteiger partial charge in [-0.1, -0.05) is 29.5 Å². The molecule has 0 aliphatic carbocycles. The molecule has 1 amide bonds. The van der Waals surface area contributed by atoms with Crippen LogP contribution in [0.4, 0.5) is 4.79 Å². The molecule has 0 radical (unpaired) electrons. The Hall–Kier alpha value is -2.39. The number of nitrogens with zero attached hydrogens (tertiary/aromatic N) is 4. The van der Waals surface area contributed by atoms with Crippen LogP contribution < -0.4 is 5.46 Å². The van der Waals surface area contributed by atoms with Gasteiger partial charge in [0.25, 0.3) is 0 Å². The smallest absolute Gasteiger partial charge is 0.465 e. The van der Waals surface area contributed by atoms with Gasteiger partial charge in [-0.15, -0.1) is 5.10 Å². The fraction of sp³-hybridized carbons (Fsp3) is 0.500. The monoisotopic (exact) mass is 370 g/mol. The maximum absolute atomic E-state index is 11.3. The van der Waals surface area contributed by atoms with Crippen LogP contribution in [0, 0.1) is 0 Å². The average molecular weight is 370 g/mol. The Labute approximate surface area is 158 Å². The van der Waals surface area contributed by atoms with Crippen molar-refractivity contribution in [1.82, 2.24) is 19.9 Å². The third-order valence-electron chi connectivity index (χ3n) is 5.72. The normalized spacial score (nSPS) is 20.6. The Morgan fingerprint density at radius 3 is 2.56 bits per heavy atom. The molecule has 1 saturated heterocycles. The second kappa shape index (κ2) is 6.07. The predicted molar refractivity (Wildman–Crippen MR) is 99.6 cm³/mol. The van der Waals surface area contributed by atoms with Crippen LogP contribution in [-0.2, 0) is 22.4 Å². The maximum atomic E-state index is 11.3. The molecule has 3 heterocycles. The molecule has 0 spiro atoms. The Morgan fingerprint density at radius 2 is 1.89 bits per heavy atom. The second-order valence-corrected chi connectivity index (χ2v) is 8.03. The van der Waals surface area contributed by atoms with Crippen molar-refractivity contribution in [2.45, 2.75) is 52.0 Å².